The van der Waals surface area contributed by atoms with Gasteiger partial charge in [0.05, 0.1) is 0 Å². The Morgan fingerprint density at radius 1 is 1.07 bits per heavy atom. The first kappa shape index (κ1) is 9.59. The van der Waals surface area contributed by atoms with Crippen LogP contribution in [0.1, 0.15) is 12.0 Å². The van der Waals surface area contributed by atoms with Crippen molar-refractivity contribution in [3.8, 4) is 0 Å². The van der Waals surface area contributed by atoms with Gasteiger partial charge in [-0.3, -0.25) is 0 Å². The number of hydrogen-bond acceptors (Lipinski definition) is 0. The van der Waals surface area contributed by atoms with Crippen molar-refractivity contribution >= 4 is 26.7 Å². The highest BCUT2D eigenvalue weighted by molar-refractivity contribution is 9.10. The van der Waals surface area contributed by atoms with E-state index in [1.165, 1.54) is 12.1 Å². The molecule has 2 rings (SSSR count). The van der Waals surface area contributed by atoms with Gasteiger partial charge in [0.25, 0.3) is 6.43 Å². The normalized spacial score (nSPS) is 11.1. The van der Waals surface area contributed by atoms with Gasteiger partial charge in [-0.25, -0.2) is 8.78 Å². The molecule has 3 heteroatoms. The van der Waals surface area contributed by atoms with E-state index >= 15 is 0 Å². The second kappa shape index (κ2) is 3.65. The summed E-state index contributed by atoms with van der Waals surface area (Å²) in [6.07, 6.45) is -2.42. The van der Waals surface area contributed by atoms with E-state index in [0.29, 0.717) is 4.47 Å². The van der Waals surface area contributed by atoms with Gasteiger partial charge in [0.1, 0.15) is 0 Å². The first-order valence-corrected chi connectivity index (χ1v) is 4.94. The van der Waals surface area contributed by atoms with Gasteiger partial charge in [0.15, 0.2) is 0 Å². The van der Waals surface area contributed by atoms with E-state index in [-0.39, 0.29) is 5.56 Å². The molecular weight excluding hydrogens is 250 g/mol. The minimum Gasteiger partial charge on any atom is -0.205 e. The average molecular weight is 257 g/mol. The molecule has 0 aliphatic heterocycles. The summed E-state index contributed by atoms with van der Waals surface area (Å²) in [4.78, 5) is 0. The molecule has 0 aliphatic rings. The second-order valence-corrected chi connectivity index (χ2v) is 3.88. The van der Waals surface area contributed by atoms with Gasteiger partial charge in [0, 0.05) is 10.0 Å². The van der Waals surface area contributed by atoms with Crippen LogP contribution >= 0.6 is 15.9 Å². The van der Waals surface area contributed by atoms with E-state index in [9.17, 15) is 8.78 Å². The molecule has 0 aliphatic carbocycles. The van der Waals surface area contributed by atoms with Crippen LogP contribution in [0, 0.1) is 0 Å². The molecule has 2 aromatic rings. The summed E-state index contributed by atoms with van der Waals surface area (Å²) in [7, 11) is 0. The summed E-state index contributed by atoms with van der Waals surface area (Å²) < 4.78 is 25.6. The first-order valence-electron chi connectivity index (χ1n) is 4.15. The molecule has 0 saturated heterocycles. The summed E-state index contributed by atoms with van der Waals surface area (Å²) in [5.74, 6) is 0. The number of fused-ring (bicyclic) bond motifs is 1. The van der Waals surface area contributed by atoms with Gasteiger partial charge in [-0.15, -0.1) is 0 Å². The third-order valence-corrected chi connectivity index (χ3v) is 2.74. The zero-order chi connectivity index (χ0) is 10.1. The molecule has 2 aromatic carbocycles. The van der Waals surface area contributed by atoms with Crippen LogP contribution < -0.4 is 0 Å². The summed E-state index contributed by atoms with van der Waals surface area (Å²) in [6.45, 7) is 0. The molecule has 0 aromatic heterocycles. The van der Waals surface area contributed by atoms with E-state index in [2.05, 4.69) is 15.9 Å². The van der Waals surface area contributed by atoms with Gasteiger partial charge < -0.3 is 0 Å². The lowest BCUT2D eigenvalue weighted by molar-refractivity contribution is 0.151. The quantitative estimate of drug-likeness (QED) is 0.703. The molecule has 0 bridgehead atoms. The van der Waals surface area contributed by atoms with Crippen LogP contribution in [0.4, 0.5) is 8.78 Å². The van der Waals surface area contributed by atoms with E-state index in [0.717, 1.165) is 10.8 Å². The van der Waals surface area contributed by atoms with Crippen molar-refractivity contribution < 1.29 is 8.78 Å². The van der Waals surface area contributed by atoms with E-state index in [4.69, 9.17) is 0 Å². The highest BCUT2D eigenvalue weighted by Crippen LogP contribution is 2.30. The molecule has 0 nitrogen and oxygen atoms in total. The Bertz CT molecular complexity index is 466. The predicted octanol–water partition coefficient (Wildman–Crippen LogP) is 4.54. The fraction of sp³-hybridized carbons (Fsp3) is 0.0909. The molecular formula is C11H7BrF2. The Balaban J connectivity index is 2.72. The number of benzene rings is 2. The maximum atomic E-state index is 12.5. The number of halogens is 3. The average Bonchev–Trinajstić information content (AvgIpc) is 2.17. The topological polar surface area (TPSA) is 0 Å². The zero-order valence-electron chi connectivity index (χ0n) is 7.18. The van der Waals surface area contributed by atoms with Crippen molar-refractivity contribution in [1.29, 1.82) is 0 Å². The molecule has 0 saturated carbocycles. The first-order chi connectivity index (χ1) is 6.68. The Hall–Kier alpha value is -0.960. The van der Waals surface area contributed by atoms with Gasteiger partial charge in [-0.2, -0.15) is 0 Å². The molecule has 0 spiro atoms. The molecule has 0 fully saturated rings. The second-order valence-electron chi connectivity index (χ2n) is 3.02. The van der Waals surface area contributed by atoms with Crippen LogP contribution in [0.2, 0.25) is 0 Å². The SMILES string of the molecule is FC(F)c1cc(Br)c2ccccc2c1. The summed E-state index contributed by atoms with van der Waals surface area (Å²) in [5, 5.41) is 1.79. The third kappa shape index (κ3) is 1.64. The van der Waals surface area contributed by atoms with Crippen LogP contribution in [0.15, 0.2) is 40.9 Å². The van der Waals surface area contributed by atoms with Crippen LogP contribution in [0.5, 0.6) is 0 Å². The van der Waals surface area contributed by atoms with E-state index < -0.39 is 6.43 Å². The molecule has 0 unspecified atom stereocenters. The Morgan fingerprint density at radius 2 is 1.79 bits per heavy atom. The maximum absolute atomic E-state index is 12.5. The van der Waals surface area contributed by atoms with Gasteiger partial charge in [-0.1, -0.05) is 40.2 Å². The molecule has 0 N–H and O–H groups in total. The fourth-order valence-electron chi connectivity index (χ4n) is 1.41. The number of alkyl halides is 2. The van der Waals surface area contributed by atoms with Gasteiger partial charge in [0.2, 0.25) is 0 Å². The Labute approximate surface area is 88.7 Å². The van der Waals surface area contributed by atoms with Crippen LogP contribution in [0.25, 0.3) is 10.8 Å². The lowest BCUT2D eigenvalue weighted by atomic mass is 10.1. The van der Waals surface area contributed by atoms with Crippen molar-refractivity contribution in [3.63, 3.8) is 0 Å². The summed E-state index contributed by atoms with van der Waals surface area (Å²) in [5.41, 5.74) is 0.0515. The number of rotatable bonds is 1. The molecule has 14 heavy (non-hydrogen) atoms. The number of hydrogen-bond donors (Lipinski definition) is 0. The Morgan fingerprint density at radius 3 is 2.50 bits per heavy atom. The molecule has 72 valence electrons. The monoisotopic (exact) mass is 256 g/mol. The summed E-state index contributed by atoms with van der Waals surface area (Å²) in [6, 6.07) is 10.4. The van der Waals surface area contributed by atoms with Crippen molar-refractivity contribution in [2.24, 2.45) is 0 Å². The largest absolute Gasteiger partial charge is 0.263 e. The van der Waals surface area contributed by atoms with Crippen molar-refractivity contribution in [2.45, 2.75) is 6.43 Å². The summed E-state index contributed by atoms with van der Waals surface area (Å²) >= 11 is 3.28. The third-order valence-electron chi connectivity index (χ3n) is 2.09. The molecule has 0 radical (unpaired) electrons. The van der Waals surface area contributed by atoms with E-state index in [1.54, 1.807) is 0 Å². The van der Waals surface area contributed by atoms with Crippen LogP contribution in [-0.2, 0) is 0 Å². The molecule has 0 amide bonds. The Kier molecular flexibility index (Phi) is 2.50. The highest BCUT2D eigenvalue weighted by atomic mass is 79.9. The minimum atomic E-state index is -2.42. The van der Waals surface area contributed by atoms with Crippen molar-refractivity contribution in [2.75, 3.05) is 0 Å². The highest BCUT2D eigenvalue weighted by Gasteiger charge is 2.09. The zero-order valence-corrected chi connectivity index (χ0v) is 8.76. The minimum absolute atomic E-state index is 0.0515. The van der Waals surface area contributed by atoms with Crippen molar-refractivity contribution in [3.05, 3.63) is 46.4 Å². The lowest BCUT2D eigenvalue weighted by Gasteiger charge is -2.04. The van der Waals surface area contributed by atoms with Crippen LogP contribution in [-0.4, -0.2) is 0 Å². The van der Waals surface area contributed by atoms with Gasteiger partial charge in [-0.05, 0) is 22.9 Å². The fourth-order valence-corrected chi connectivity index (χ4v) is 2.04. The lowest BCUT2D eigenvalue weighted by Crippen LogP contribution is -1.85. The van der Waals surface area contributed by atoms with Crippen molar-refractivity contribution in [1.82, 2.24) is 0 Å². The maximum Gasteiger partial charge on any atom is 0.263 e. The van der Waals surface area contributed by atoms with E-state index in [1.807, 2.05) is 24.3 Å². The van der Waals surface area contributed by atoms with Crippen LogP contribution in [0.3, 0.4) is 0 Å². The van der Waals surface area contributed by atoms with Gasteiger partial charge >= 0.3 is 0 Å². The smallest absolute Gasteiger partial charge is 0.205 e. The molecule has 0 heterocycles. The predicted molar refractivity (Wildman–Crippen MR) is 56.6 cm³/mol. The molecule has 0 atom stereocenters. The standard InChI is InChI=1S/C11H7BrF2/c12-10-6-8(11(13)14)5-7-3-1-2-4-9(7)10/h1-6,11H.